The lowest BCUT2D eigenvalue weighted by molar-refractivity contribution is -0.117. The third-order valence-corrected chi connectivity index (χ3v) is 1.15. The summed E-state index contributed by atoms with van der Waals surface area (Å²) in [4.78, 5) is 22.4. The maximum absolute atomic E-state index is 10.7. The second-order valence-corrected chi connectivity index (χ2v) is 1.91. The Balaban J connectivity index is 2.56. The van der Waals surface area contributed by atoms with Crippen molar-refractivity contribution in [2.75, 3.05) is 13.1 Å². The predicted octanol–water partition coefficient (Wildman–Crippen LogP) is -0.990. The third kappa shape index (κ3) is 1.14. The van der Waals surface area contributed by atoms with Crippen LogP contribution in [0.3, 0.4) is 0 Å². The summed E-state index contributed by atoms with van der Waals surface area (Å²) < 4.78 is 0. The topological polar surface area (TPSA) is 52.1 Å². The third-order valence-electron chi connectivity index (χ3n) is 1.15. The van der Waals surface area contributed by atoms with Gasteiger partial charge in [-0.1, -0.05) is 4.90 Å². The van der Waals surface area contributed by atoms with Crippen LogP contribution < -0.4 is 10.2 Å². The minimum atomic E-state index is -0.400. The smallest absolute Gasteiger partial charge is 0.268 e. The fourth-order valence-electron chi connectivity index (χ4n) is 0.721. The van der Waals surface area contributed by atoms with Gasteiger partial charge in [-0.2, -0.15) is 0 Å². The van der Waals surface area contributed by atoms with Crippen molar-refractivity contribution >= 4 is 11.9 Å². The van der Waals surface area contributed by atoms with Gasteiger partial charge in [0.25, 0.3) is 5.91 Å². The molecule has 0 aliphatic carbocycles. The van der Waals surface area contributed by atoms with Gasteiger partial charge in [0.05, 0.1) is 0 Å². The number of urea groups is 1. The van der Waals surface area contributed by atoms with Crippen LogP contribution in [0.2, 0.25) is 0 Å². The van der Waals surface area contributed by atoms with Crippen molar-refractivity contribution < 1.29 is 9.59 Å². The van der Waals surface area contributed by atoms with Gasteiger partial charge in [-0.05, 0) is 5.92 Å². The first-order chi connectivity index (χ1) is 4.74. The van der Waals surface area contributed by atoms with Gasteiger partial charge >= 0.3 is 6.03 Å². The maximum atomic E-state index is 10.7. The minimum absolute atomic E-state index is 0.0863. The Morgan fingerprint density at radius 1 is 1.70 bits per heavy atom. The molecular weight excluding hydrogens is 132 g/mol. The van der Waals surface area contributed by atoms with Gasteiger partial charge < -0.3 is 0 Å². The van der Waals surface area contributed by atoms with E-state index in [1.807, 2.05) is 0 Å². The predicted molar refractivity (Wildman–Crippen MR) is 34.2 cm³/mol. The molecule has 1 aliphatic heterocycles. The van der Waals surface area contributed by atoms with E-state index in [2.05, 4.69) is 11.2 Å². The molecular formula is C6H6N2O2+. The number of hydrogen-bond donors (Lipinski definition) is 1. The maximum Gasteiger partial charge on any atom is 0.472 e. The molecule has 0 aromatic rings. The molecule has 3 amide bonds. The molecule has 1 radical (unpaired) electrons. The summed E-state index contributed by atoms with van der Waals surface area (Å²) in [5.41, 5.74) is 0. The van der Waals surface area contributed by atoms with E-state index in [0.717, 1.165) is 0 Å². The molecule has 10 heavy (non-hydrogen) atoms. The van der Waals surface area contributed by atoms with Gasteiger partial charge in [-0.3, -0.25) is 4.79 Å². The number of amides is 3. The quantitative estimate of drug-likeness (QED) is 0.287. The Bertz CT molecular complexity index is 216. The van der Waals surface area contributed by atoms with Crippen LogP contribution in [0.15, 0.2) is 0 Å². The van der Waals surface area contributed by atoms with E-state index in [1.165, 1.54) is 4.90 Å². The van der Waals surface area contributed by atoms with Gasteiger partial charge in [-0.25, -0.2) is 10.1 Å². The molecule has 1 aliphatic rings. The Kier molecular flexibility index (Phi) is 1.69. The highest BCUT2D eigenvalue weighted by Crippen LogP contribution is 1.91. The molecule has 0 spiro atoms. The summed E-state index contributed by atoms with van der Waals surface area (Å²) in [6.45, 7) is 0.278. The summed E-state index contributed by atoms with van der Waals surface area (Å²) in [5.74, 6) is 1.98. The fraction of sp³-hybridized carbons (Fsp3) is 0.333. The van der Waals surface area contributed by atoms with Crippen LogP contribution in [0.25, 0.3) is 0 Å². The fourth-order valence-corrected chi connectivity index (χ4v) is 0.721. The van der Waals surface area contributed by atoms with E-state index in [1.54, 1.807) is 0 Å². The molecule has 1 saturated heterocycles. The molecule has 1 heterocycles. The largest absolute Gasteiger partial charge is 0.472 e. The van der Waals surface area contributed by atoms with E-state index in [4.69, 9.17) is 6.42 Å². The second-order valence-electron chi connectivity index (χ2n) is 1.91. The van der Waals surface area contributed by atoms with Crippen molar-refractivity contribution in [2.24, 2.45) is 0 Å². The number of carbonyl (C=O) groups excluding carboxylic acids is 2. The van der Waals surface area contributed by atoms with Crippen LogP contribution in [0.1, 0.15) is 0 Å². The van der Waals surface area contributed by atoms with Crippen LogP contribution in [0.5, 0.6) is 0 Å². The molecule has 51 valence electrons. The Labute approximate surface area is 58.2 Å². The van der Waals surface area contributed by atoms with Gasteiger partial charge in [0.1, 0.15) is 0 Å². The SMILES string of the molecule is C#CC[N+]1CC(=O)NC1=O. The van der Waals surface area contributed by atoms with Gasteiger partial charge in [0, 0.05) is 0 Å². The van der Waals surface area contributed by atoms with E-state index >= 15 is 0 Å². The van der Waals surface area contributed by atoms with Gasteiger partial charge in [0.2, 0.25) is 6.54 Å². The lowest BCUT2D eigenvalue weighted by Gasteiger charge is -1.89. The Morgan fingerprint density at radius 3 is 2.80 bits per heavy atom. The van der Waals surface area contributed by atoms with Crippen LogP contribution in [0.4, 0.5) is 4.79 Å². The number of hydrogen-bond acceptors (Lipinski definition) is 2. The standard InChI is InChI=1S/C6H6N2O2/c1-2-3-8-4-5(9)7-6(8)10/h1H,3-4H2,(H,7,9,10)/q+1. The molecule has 1 fully saturated rings. The minimum Gasteiger partial charge on any atom is -0.268 e. The lowest BCUT2D eigenvalue weighted by atomic mass is 10.5. The highest BCUT2D eigenvalue weighted by molar-refractivity contribution is 6.03. The van der Waals surface area contributed by atoms with Gasteiger partial charge in [-0.15, -0.1) is 6.42 Å². The van der Waals surface area contributed by atoms with E-state index in [9.17, 15) is 9.59 Å². The van der Waals surface area contributed by atoms with Gasteiger partial charge in [0.15, 0.2) is 6.54 Å². The zero-order valence-corrected chi connectivity index (χ0v) is 5.26. The average molecular weight is 138 g/mol. The molecule has 0 aromatic carbocycles. The van der Waals surface area contributed by atoms with Crippen molar-refractivity contribution in [1.82, 2.24) is 10.2 Å². The second kappa shape index (κ2) is 2.50. The summed E-state index contributed by atoms with van der Waals surface area (Å²) in [6, 6.07) is -0.400. The first-order valence-electron chi connectivity index (χ1n) is 2.76. The van der Waals surface area contributed by atoms with Crippen LogP contribution in [0, 0.1) is 12.3 Å². The summed E-state index contributed by atoms with van der Waals surface area (Å²) in [6.07, 6.45) is 4.93. The molecule has 4 heteroatoms. The highest BCUT2D eigenvalue weighted by Gasteiger charge is 2.37. The summed E-state index contributed by atoms with van der Waals surface area (Å²) in [7, 11) is 0. The molecule has 1 rings (SSSR count). The molecule has 0 atom stereocenters. The molecule has 1 N–H and O–H groups in total. The number of nitrogens with zero attached hydrogens (tertiary/aromatic N) is 1. The molecule has 0 aromatic heterocycles. The van der Waals surface area contributed by atoms with Crippen molar-refractivity contribution in [3.05, 3.63) is 0 Å². The lowest BCUT2D eigenvalue weighted by Crippen LogP contribution is -2.34. The first-order valence-corrected chi connectivity index (χ1v) is 2.76. The van der Waals surface area contributed by atoms with Crippen molar-refractivity contribution in [3.63, 3.8) is 0 Å². The van der Waals surface area contributed by atoms with E-state index in [-0.39, 0.29) is 19.0 Å². The molecule has 0 unspecified atom stereocenters. The van der Waals surface area contributed by atoms with Crippen molar-refractivity contribution in [3.8, 4) is 12.3 Å². The molecule has 4 nitrogen and oxygen atoms in total. The van der Waals surface area contributed by atoms with E-state index in [0.29, 0.717) is 0 Å². The molecule has 0 saturated carbocycles. The van der Waals surface area contributed by atoms with Crippen molar-refractivity contribution in [2.45, 2.75) is 0 Å². The number of terminal acetylenes is 1. The Morgan fingerprint density at radius 2 is 2.40 bits per heavy atom. The molecule has 0 bridgehead atoms. The van der Waals surface area contributed by atoms with Crippen molar-refractivity contribution in [1.29, 1.82) is 0 Å². The van der Waals surface area contributed by atoms with Crippen LogP contribution in [-0.4, -0.2) is 25.0 Å². The van der Waals surface area contributed by atoms with E-state index < -0.39 is 6.03 Å². The number of carbonyl (C=O) groups is 2. The Hall–Kier alpha value is -1.34. The highest BCUT2D eigenvalue weighted by atomic mass is 16.2. The van der Waals surface area contributed by atoms with Crippen LogP contribution in [-0.2, 0) is 4.79 Å². The zero-order valence-electron chi connectivity index (χ0n) is 5.26. The average Bonchev–Trinajstić information content (AvgIpc) is 2.13. The number of nitrogens with one attached hydrogen (secondary N) is 1. The first kappa shape index (κ1) is 6.78. The number of imide groups is 1. The zero-order chi connectivity index (χ0) is 7.56. The monoisotopic (exact) mass is 138 g/mol. The van der Waals surface area contributed by atoms with Crippen LogP contribution >= 0.6 is 0 Å². The summed E-state index contributed by atoms with van der Waals surface area (Å²) >= 11 is 0. The summed E-state index contributed by atoms with van der Waals surface area (Å²) in [5, 5.41) is 2.10. The normalized spacial score (nSPS) is 18.7. The number of rotatable bonds is 1.